The van der Waals surface area contributed by atoms with Gasteiger partial charge in [-0.2, -0.15) is 5.10 Å². The zero-order valence-corrected chi connectivity index (χ0v) is 8.89. The average Bonchev–Trinajstić information content (AvgIpc) is 2.83. The van der Waals surface area contributed by atoms with Gasteiger partial charge in [0.05, 0.1) is 0 Å². The van der Waals surface area contributed by atoms with Crippen LogP contribution in [0, 0.1) is 0 Å². The van der Waals surface area contributed by atoms with Gasteiger partial charge in [0.1, 0.15) is 18.7 Å². The Bertz CT molecular complexity index is 494. The summed E-state index contributed by atoms with van der Waals surface area (Å²) in [6, 6.07) is 2.60. The summed E-state index contributed by atoms with van der Waals surface area (Å²) in [6.45, 7) is 0. The van der Waals surface area contributed by atoms with Crippen LogP contribution in [0.25, 0.3) is 5.82 Å². The Morgan fingerprint density at radius 3 is 2.88 bits per heavy atom. The second-order valence-corrected chi connectivity index (χ2v) is 3.51. The van der Waals surface area contributed by atoms with Crippen molar-refractivity contribution in [2.45, 2.75) is 12.5 Å². The van der Waals surface area contributed by atoms with Gasteiger partial charge < -0.3 is 10.8 Å². The number of carboxylic acid groups (broad SMARTS) is 1. The minimum absolute atomic E-state index is 0.250. The molecule has 0 bridgehead atoms. The Kier molecular flexibility index (Phi) is 3.10. The topological polar surface area (TPSA) is 107 Å². The molecule has 0 aliphatic rings. The lowest BCUT2D eigenvalue weighted by molar-refractivity contribution is -0.138. The van der Waals surface area contributed by atoms with Crippen LogP contribution in [0.4, 0.5) is 0 Å². The van der Waals surface area contributed by atoms with Crippen molar-refractivity contribution in [2.24, 2.45) is 5.73 Å². The molecule has 7 nitrogen and oxygen atoms in total. The van der Waals surface area contributed by atoms with Gasteiger partial charge in [-0.1, -0.05) is 6.07 Å². The van der Waals surface area contributed by atoms with Crippen molar-refractivity contribution in [1.29, 1.82) is 0 Å². The molecule has 0 fully saturated rings. The minimum Gasteiger partial charge on any atom is -0.480 e. The van der Waals surface area contributed by atoms with E-state index in [1.54, 1.807) is 18.3 Å². The molecular weight excluding hydrogens is 222 g/mol. The second kappa shape index (κ2) is 4.71. The van der Waals surface area contributed by atoms with Crippen molar-refractivity contribution in [3.8, 4) is 5.82 Å². The van der Waals surface area contributed by atoms with E-state index in [2.05, 4.69) is 15.1 Å². The molecule has 1 atom stereocenters. The van der Waals surface area contributed by atoms with Gasteiger partial charge in [0.25, 0.3) is 0 Å². The largest absolute Gasteiger partial charge is 0.480 e. The molecular formula is C10H11N5O2. The number of carbonyl (C=O) groups is 1. The molecule has 2 aromatic rings. The first-order valence-electron chi connectivity index (χ1n) is 4.95. The summed E-state index contributed by atoms with van der Waals surface area (Å²) in [5.41, 5.74) is 6.19. The Morgan fingerprint density at radius 1 is 1.53 bits per heavy atom. The molecule has 2 heterocycles. The summed E-state index contributed by atoms with van der Waals surface area (Å²) in [5.74, 6) is -0.402. The number of hydrogen-bond acceptors (Lipinski definition) is 5. The molecule has 17 heavy (non-hydrogen) atoms. The van der Waals surface area contributed by atoms with Crippen molar-refractivity contribution in [2.75, 3.05) is 0 Å². The number of nitrogens with two attached hydrogens (primary N) is 1. The van der Waals surface area contributed by atoms with Gasteiger partial charge in [0, 0.05) is 6.20 Å². The number of hydrogen-bond donors (Lipinski definition) is 2. The van der Waals surface area contributed by atoms with Crippen LogP contribution in [0.3, 0.4) is 0 Å². The van der Waals surface area contributed by atoms with E-state index in [9.17, 15) is 4.79 Å². The molecule has 88 valence electrons. The maximum Gasteiger partial charge on any atom is 0.320 e. The van der Waals surface area contributed by atoms with Crippen LogP contribution in [0.2, 0.25) is 0 Å². The van der Waals surface area contributed by atoms with E-state index in [4.69, 9.17) is 10.8 Å². The maximum absolute atomic E-state index is 10.6. The Morgan fingerprint density at radius 2 is 2.35 bits per heavy atom. The third-order valence-electron chi connectivity index (χ3n) is 2.24. The van der Waals surface area contributed by atoms with Crippen LogP contribution in [0.5, 0.6) is 0 Å². The zero-order valence-electron chi connectivity index (χ0n) is 8.89. The van der Waals surface area contributed by atoms with E-state index in [0.717, 1.165) is 5.56 Å². The van der Waals surface area contributed by atoms with Gasteiger partial charge in [-0.25, -0.2) is 14.6 Å². The average molecular weight is 233 g/mol. The molecule has 0 aliphatic heterocycles. The lowest BCUT2D eigenvalue weighted by Gasteiger charge is -2.06. The van der Waals surface area contributed by atoms with Gasteiger partial charge in [-0.15, -0.1) is 0 Å². The molecule has 1 unspecified atom stereocenters. The zero-order chi connectivity index (χ0) is 12.3. The van der Waals surface area contributed by atoms with Gasteiger partial charge in [-0.05, 0) is 18.1 Å². The molecule has 0 radical (unpaired) electrons. The highest BCUT2D eigenvalue weighted by molar-refractivity contribution is 5.73. The van der Waals surface area contributed by atoms with Crippen LogP contribution in [0.1, 0.15) is 5.56 Å². The highest BCUT2D eigenvalue weighted by atomic mass is 16.4. The van der Waals surface area contributed by atoms with E-state index >= 15 is 0 Å². The first-order chi connectivity index (χ1) is 8.16. The Labute approximate surface area is 96.9 Å². The summed E-state index contributed by atoms with van der Waals surface area (Å²) in [6.07, 6.45) is 4.78. The summed E-state index contributed by atoms with van der Waals surface area (Å²) >= 11 is 0. The summed E-state index contributed by atoms with van der Waals surface area (Å²) < 4.78 is 1.51. The van der Waals surface area contributed by atoms with Gasteiger partial charge >= 0.3 is 5.97 Å². The first kappa shape index (κ1) is 11.2. The SMILES string of the molecule is NC(Cc1ccc(-n2cncn2)nc1)C(=O)O. The van der Waals surface area contributed by atoms with Crippen LogP contribution in [-0.4, -0.2) is 36.9 Å². The molecule has 7 heteroatoms. The predicted molar refractivity (Wildman–Crippen MR) is 58.5 cm³/mol. The molecule has 2 aromatic heterocycles. The molecule has 3 N–H and O–H groups in total. The molecule has 2 rings (SSSR count). The Balaban J connectivity index is 2.11. The van der Waals surface area contributed by atoms with Crippen molar-refractivity contribution in [3.63, 3.8) is 0 Å². The van der Waals surface area contributed by atoms with E-state index in [-0.39, 0.29) is 6.42 Å². The number of rotatable bonds is 4. The molecule has 0 aromatic carbocycles. The predicted octanol–water partition coefficient (Wildman–Crippen LogP) is -0.383. The first-order valence-corrected chi connectivity index (χ1v) is 4.95. The van der Waals surface area contributed by atoms with E-state index < -0.39 is 12.0 Å². The molecule has 0 spiro atoms. The van der Waals surface area contributed by atoms with Crippen LogP contribution >= 0.6 is 0 Å². The van der Waals surface area contributed by atoms with E-state index in [1.807, 2.05) is 0 Å². The molecule has 0 amide bonds. The van der Waals surface area contributed by atoms with Crippen LogP contribution in [0.15, 0.2) is 31.0 Å². The Hall–Kier alpha value is -2.28. The fourth-order valence-electron chi connectivity index (χ4n) is 1.34. The minimum atomic E-state index is -1.02. The standard InChI is InChI=1S/C10H11N5O2/c11-8(10(16)17)3-7-1-2-9(13-4-7)15-6-12-5-14-15/h1-2,4-6,8H,3,11H2,(H,16,17). The number of carboxylic acids is 1. The van der Waals surface area contributed by atoms with Crippen LogP contribution < -0.4 is 5.73 Å². The highest BCUT2D eigenvalue weighted by Crippen LogP contribution is 2.05. The second-order valence-electron chi connectivity index (χ2n) is 3.51. The van der Waals surface area contributed by atoms with Crippen molar-refractivity contribution < 1.29 is 9.90 Å². The number of aromatic nitrogens is 4. The molecule has 0 saturated heterocycles. The summed E-state index contributed by atoms with van der Waals surface area (Å²) in [4.78, 5) is 18.5. The van der Waals surface area contributed by atoms with Crippen molar-refractivity contribution in [3.05, 3.63) is 36.5 Å². The lowest BCUT2D eigenvalue weighted by Crippen LogP contribution is -2.32. The fraction of sp³-hybridized carbons (Fsp3) is 0.200. The quantitative estimate of drug-likeness (QED) is 0.745. The maximum atomic E-state index is 10.6. The summed E-state index contributed by atoms with van der Waals surface area (Å²) in [5, 5.41) is 12.6. The number of nitrogens with zero attached hydrogens (tertiary/aromatic N) is 4. The third kappa shape index (κ3) is 2.64. The lowest BCUT2D eigenvalue weighted by atomic mass is 10.1. The van der Waals surface area contributed by atoms with Gasteiger partial charge in [0.2, 0.25) is 0 Å². The highest BCUT2D eigenvalue weighted by Gasteiger charge is 2.12. The third-order valence-corrected chi connectivity index (χ3v) is 2.24. The van der Waals surface area contributed by atoms with E-state index in [0.29, 0.717) is 5.82 Å². The molecule has 0 aliphatic carbocycles. The van der Waals surface area contributed by atoms with Crippen molar-refractivity contribution in [1.82, 2.24) is 19.7 Å². The summed E-state index contributed by atoms with van der Waals surface area (Å²) in [7, 11) is 0. The number of aliphatic carboxylic acids is 1. The monoisotopic (exact) mass is 233 g/mol. The van der Waals surface area contributed by atoms with Gasteiger partial charge in [-0.3, -0.25) is 4.79 Å². The smallest absolute Gasteiger partial charge is 0.320 e. The van der Waals surface area contributed by atoms with Crippen molar-refractivity contribution >= 4 is 5.97 Å². The number of pyridine rings is 1. The fourth-order valence-corrected chi connectivity index (χ4v) is 1.34. The normalized spacial score (nSPS) is 12.3. The van der Waals surface area contributed by atoms with Gasteiger partial charge in [0.15, 0.2) is 5.82 Å². The molecule has 0 saturated carbocycles. The van der Waals surface area contributed by atoms with E-state index in [1.165, 1.54) is 17.3 Å². The van der Waals surface area contributed by atoms with Crippen LogP contribution in [-0.2, 0) is 11.2 Å².